The molecule has 19 heavy (non-hydrogen) atoms. The van der Waals surface area contributed by atoms with E-state index in [-0.39, 0.29) is 6.10 Å². The fourth-order valence-corrected chi connectivity index (χ4v) is 2.47. The van der Waals surface area contributed by atoms with Gasteiger partial charge in [-0.25, -0.2) is 9.78 Å². The van der Waals surface area contributed by atoms with E-state index in [1.54, 1.807) is 0 Å². The minimum Gasteiger partial charge on any atom is -0.479 e. The Morgan fingerprint density at radius 3 is 2.89 bits per heavy atom. The molecular weight excluding hydrogens is 248 g/mol. The van der Waals surface area contributed by atoms with Gasteiger partial charge in [0.2, 0.25) is 0 Å². The van der Waals surface area contributed by atoms with Crippen LogP contribution in [-0.4, -0.2) is 36.8 Å². The average Bonchev–Trinajstić information content (AvgIpc) is 2.93. The summed E-state index contributed by atoms with van der Waals surface area (Å²) in [5.41, 5.74) is 1.84. The van der Waals surface area contributed by atoms with E-state index in [0.717, 1.165) is 11.4 Å². The van der Waals surface area contributed by atoms with Crippen molar-refractivity contribution in [3.8, 4) is 0 Å². The van der Waals surface area contributed by atoms with Crippen molar-refractivity contribution in [3.05, 3.63) is 23.3 Å². The molecule has 2 unspecified atom stereocenters. The van der Waals surface area contributed by atoms with E-state index >= 15 is 0 Å². The first kappa shape index (κ1) is 12.0. The Labute approximate surface area is 109 Å². The second-order valence-electron chi connectivity index (χ2n) is 4.76. The number of nitrogens with zero attached hydrogens (tertiary/aromatic N) is 4. The highest BCUT2D eigenvalue weighted by Gasteiger charge is 2.34. The molecule has 0 aliphatic carbocycles. The van der Waals surface area contributed by atoms with E-state index in [2.05, 4.69) is 15.2 Å². The van der Waals surface area contributed by atoms with Gasteiger partial charge in [-0.2, -0.15) is 0 Å². The monoisotopic (exact) mass is 262 g/mol. The standard InChI is InChI=1S/C12H14N4O3/c1-6-5-7(2)16-10(14-15-12(16)13-6)8-3-4-9(19-8)11(17)18/h5,8-9H,3-4H2,1-2H3,(H,17,18). The predicted molar refractivity (Wildman–Crippen MR) is 64.7 cm³/mol. The van der Waals surface area contributed by atoms with Crippen LogP contribution < -0.4 is 0 Å². The third-order valence-electron chi connectivity index (χ3n) is 3.30. The number of fused-ring (bicyclic) bond motifs is 1. The number of hydrogen-bond donors (Lipinski definition) is 1. The van der Waals surface area contributed by atoms with Crippen molar-refractivity contribution in [3.63, 3.8) is 0 Å². The first-order valence-electron chi connectivity index (χ1n) is 6.14. The topological polar surface area (TPSA) is 89.6 Å². The van der Waals surface area contributed by atoms with Gasteiger partial charge in [-0.15, -0.1) is 10.2 Å². The molecule has 1 aliphatic heterocycles. The van der Waals surface area contributed by atoms with E-state index in [1.807, 2.05) is 24.3 Å². The molecule has 1 aliphatic rings. The molecule has 7 nitrogen and oxygen atoms in total. The zero-order valence-corrected chi connectivity index (χ0v) is 10.7. The second-order valence-corrected chi connectivity index (χ2v) is 4.76. The van der Waals surface area contributed by atoms with Gasteiger partial charge in [-0.3, -0.25) is 4.40 Å². The van der Waals surface area contributed by atoms with Crippen LogP contribution in [0.3, 0.4) is 0 Å². The highest BCUT2D eigenvalue weighted by atomic mass is 16.5. The zero-order valence-electron chi connectivity index (χ0n) is 10.7. The van der Waals surface area contributed by atoms with Gasteiger partial charge in [-0.1, -0.05) is 0 Å². The molecule has 3 heterocycles. The van der Waals surface area contributed by atoms with Crippen molar-refractivity contribution in [1.29, 1.82) is 0 Å². The molecule has 0 radical (unpaired) electrons. The number of hydrogen-bond acceptors (Lipinski definition) is 5. The maximum atomic E-state index is 10.9. The molecule has 2 aromatic rings. The van der Waals surface area contributed by atoms with Gasteiger partial charge in [0.1, 0.15) is 6.10 Å². The number of aromatic nitrogens is 4. The number of aryl methyl sites for hydroxylation is 2. The molecule has 2 atom stereocenters. The van der Waals surface area contributed by atoms with Gasteiger partial charge < -0.3 is 9.84 Å². The fraction of sp³-hybridized carbons (Fsp3) is 0.500. The SMILES string of the molecule is Cc1cc(C)n2c(C3CCC(C(=O)O)O3)nnc2n1. The van der Waals surface area contributed by atoms with Crippen LogP contribution in [0.25, 0.3) is 5.78 Å². The normalized spacial score (nSPS) is 23.1. The molecule has 100 valence electrons. The fourth-order valence-electron chi connectivity index (χ4n) is 2.47. The van der Waals surface area contributed by atoms with Crippen molar-refractivity contribution < 1.29 is 14.6 Å². The highest BCUT2D eigenvalue weighted by Crippen LogP contribution is 2.32. The van der Waals surface area contributed by atoms with Crippen LogP contribution in [0, 0.1) is 13.8 Å². The van der Waals surface area contributed by atoms with Gasteiger partial charge in [-0.05, 0) is 32.8 Å². The molecule has 0 bridgehead atoms. The molecule has 1 fully saturated rings. The van der Waals surface area contributed by atoms with Crippen LogP contribution in [0.5, 0.6) is 0 Å². The van der Waals surface area contributed by atoms with E-state index in [1.165, 1.54) is 0 Å². The number of ether oxygens (including phenoxy) is 1. The van der Waals surface area contributed by atoms with Gasteiger partial charge in [0.15, 0.2) is 11.9 Å². The van der Waals surface area contributed by atoms with Crippen LogP contribution in [0.15, 0.2) is 6.07 Å². The van der Waals surface area contributed by atoms with E-state index in [4.69, 9.17) is 9.84 Å². The van der Waals surface area contributed by atoms with Crippen LogP contribution in [-0.2, 0) is 9.53 Å². The summed E-state index contributed by atoms with van der Waals surface area (Å²) in [5.74, 6) is 0.223. The number of aliphatic carboxylic acids is 1. The molecule has 1 N–H and O–H groups in total. The van der Waals surface area contributed by atoms with E-state index in [9.17, 15) is 4.79 Å². The first-order chi connectivity index (χ1) is 9.06. The van der Waals surface area contributed by atoms with Crippen LogP contribution in [0.4, 0.5) is 0 Å². The summed E-state index contributed by atoms with van der Waals surface area (Å²) in [4.78, 5) is 15.2. The summed E-state index contributed by atoms with van der Waals surface area (Å²) >= 11 is 0. The third-order valence-corrected chi connectivity index (χ3v) is 3.30. The lowest BCUT2D eigenvalue weighted by Crippen LogP contribution is -2.19. The Balaban J connectivity index is 2.00. The van der Waals surface area contributed by atoms with Crippen molar-refractivity contribution in [1.82, 2.24) is 19.6 Å². The Kier molecular flexibility index (Phi) is 2.70. The summed E-state index contributed by atoms with van der Waals surface area (Å²) in [6.07, 6.45) is 0.0357. The quantitative estimate of drug-likeness (QED) is 0.869. The number of carboxylic acids is 1. The van der Waals surface area contributed by atoms with E-state index in [0.29, 0.717) is 24.4 Å². The summed E-state index contributed by atoms with van der Waals surface area (Å²) in [7, 11) is 0. The minimum absolute atomic E-state index is 0.334. The maximum absolute atomic E-state index is 10.9. The van der Waals surface area contributed by atoms with Gasteiger partial charge in [0.05, 0.1) is 0 Å². The molecule has 0 amide bonds. The summed E-state index contributed by atoms with van der Waals surface area (Å²) in [6.45, 7) is 3.84. The Morgan fingerprint density at radius 1 is 1.42 bits per heavy atom. The largest absolute Gasteiger partial charge is 0.479 e. The molecule has 7 heteroatoms. The minimum atomic E-state index is -0.929. The molecule has 0 aromatic carbocycles. The third kappa shape index (κ3) is 1.95. The number of carboxylic acid groups (broad SMARTS) is 1. The molecule has 3 rings (SSSR count). The lowest BCUT2D eigenvalue weighted by molar-refractivity contribution is -0.149. The van der Waals surface area contributed by atoms with Gasteiger partial charge in [0, 0.05) is 11.4 Å². The lowest BCUT2D eigenvalue weighted by atomic mass is 10.2. The number of carbonyl (C=O) groups is 1. The summed E-state index contributed by atoms with van der Waals surface area (Å²) < 4.78 is 7.33. The average molecular weight is 262 g/mol. The Hall–Kier alpha value is -2.02. The molecule has 0 saturated carbocycles. The van der Waals surface area contributed by atoms with Gasteiger partial charge >= 0.3 is 5.97 Å². The van der Waals surface area contributed by atoms with Crippen molar-refractivity contribution in [2.24, 2.45) is 0 Å². The molecular formula is C12H14N4O3. The van der Waals surface area contributed by atoms with Crippen LogP contribution >= 0.6 is 0 Å². The van der Waals surface area contributed by atoms with Crippen LogP contribution in [0.2, 0.25) is 0 Å². The molecule has 1 saturated heterocycles. The molecule has 0 spiro atoms. The Bertz CT molecular complexity index is 652. The first-order valence-corrected chi connectivity index (χ1v) is 6.14. The second kappa shape index (κ2) is 4.27. The molecule has 2 aromatic heterocycles. The van der Waals surface area contributed by atoms with Crippen molar-refractivity contribution in [2.75, 3.05) is 0 Å². The number of rotatable bonds is 2. The summed E-state index contributed by atoms with van der Waals surface area (Å²) in [5, 5.41) is 17.1. The lowest BCUT2D eigenvalue weighted by Gasteiger charge is -2.10. The zero-order chi connectivity index (χ0) is 13.6. The smallest absolute Gasteiger partial charge is 0.332 e. The summed E-state index contributed by atoms with van der Waals surface area (Å²) in [6, 6.07) is 1.93. The van der Waals surface area contributed by atoms with Crippen molar-refractivity contribution in [2.45, 2.75) is 38.9 Å². The Morgan fingerprint density at radius 2 is 2.21 bits per heavy atom. The van der Waals surface area contributed by atoms with Crippen LogP contribution in [0.1, 0.15) is 36.2 Å². The predicted octanol–water partition coefficient (Wildman–Crippen LogP) is 1.05. The van der Waals surface area contributed by atoms with E-state index < -0.39 is 12.1 Å². The highest BCUT2D eigenvalue weighted by molar-refractivity contribution is 5.72. The van der Waals surface area contributed by atoms with Gasteiger partial charge in [0.25, 0.3) is 5.78 Å². The maximum Gasteiger partial charge on any atom is 0.332 e. The van der Waals surface area contributed by atoms with Crippen molar-refractivity contribution >= 4 is 11.7 Å².